The summed E-state index contributed by atoms with van der Waals surface area (Å²) >= 11 is 6.11. The van der Waals surface area contributed by atoms with Gasteiger partial charge >= 0.3 is 6.18 Å². The Kier molecular flexibility index (Phi) is 9.88. The molecular formula is C26H33ClF3N3O4S. The number of alkyl halides is 3. The number of nitrogens with one attached hydrogen (secondary N) is 1. The van der Waals surface area contributed by atoms with Crippen LogP contribution in [-0.4, -0.2) is 49.5 Å². The minimum Gasteiger partial charge on any atom is -0.350 e. The standard InChI is InChI=1S/C26H33ClF3N3O4S/c1-7-21(24(35)31-25(3,4)5)32(15-18-10-8-9-17(2)13-18)23(34)16-33(38(6,36)37)22-14-19(26(28,29)30)11-12-20(22)27/h8-14,21H,7,15-16H2,1-6H3,(H,31,35)/t21-/m1/s1. The van der Waals surface area contributed by atoms with Gasteiger partial charge in [0.15, 0.2) is 0 Å². The van der Waals surface area contributed by atoms with Crippen LogP contribution in [0.1, 0.15) is 50.8 Å². The number of aryl methyl sites for hydroxylation is 1. The van der Waals surface area contributed by atoms with Crippen molar-refractivity contribution in [3.05, 3.63) is 64.2 Å². The molecule has 0 spiro atoms. The van der Waals surface area contributed by atoms with E-state index in [2.05, 4.69) is 5.32 Å². The fourth-order valence-electron chi connectivity index (χ4n) is 3.85. The summed E-state index contributed by atoms with van der Waals surface area (Å²) in [7, 11) is -4.26. The molecule has 0 saturated carbocycles. The SMILES string of the molecule is CC[C@H](C(=O)NC(C)(C)C)N(Cc1cccc(C)c1)C(=O)CN(c1cc(C(F)(F)F)ccc1Cl)S(C)(=O)=O. The molecule has 2 amide bonds. The van der Waals surface area contributed by atoms with Crippen molar-refractivity contribution in [3.63, 3.8) is 0 Å². The van der Waals surface area contributed by atoms with E-state index in [1.165, 1.54) is 4.90 Å². The van der Waals surface area contributed by atoms with Gasteiger partial charge in [-0.05, 0) is 57.9 Å². The van der Waals surface area contributed by atoms with Crippen LogP contribution in [-0.2, 0) is 32.3 Å². The number of sulfonamides is 1. The molecular weight excluding hydrogens is 543 g/mol. The minimum absolute atomic E-state index is 0.0233. The number of halogens is 4. The maximum atomic E-state index is 13.7. The first-order valence-electron chi connectivity index (χ1n) is 11.8. The van der Waals surface area contributed by atoms with Gasteiger partial charge in [0.05, 0.1) is 22.5 Å². The number of anilines is 1. The van der Waals surface area contributed by atoms with Crippen LogP contribution in [0.15, 0.2) is 42.5 Å². The monoisotopic (exact) mass is 575 g/mol. The summed E-state index contributed by atoms with van der Waals surface area (Å²) in [5.74, 6) is -1.22. The summed E-state index contributed by atoms with van der Waals surface area (Å²) in [6.07, 6.45) is -3.78. The maximum Gasteiger partial charge on any atom is 0.416 e. The van der Waals surface area contributed by atoms with Gasteiger partial charge in [-0.2, -0.15) is 13.2 Å². The Balaban J connectivity index is 2.57. The van der Waals surface area contributed by atoms with E-state index >= 15 is 0 Å². The molecule has 2 aromatic carbocycles. The van der Waals surface area contributed by atoms with E-state index in [9.17, 15) is 31.2 Å². The fourth-order valence-corrected chi connectivity index (χ4v) is 4.98. The van der Waals surface area contributed by atoms with E-state index in [1.54, 1.807) is 39.8 Å². The molecule has 2 aromatic rings. The summed E-state index contributed by atoms with van der Waals surface area (Å²) in [5.41, 5.74) is -0.600. The molecule has 0 aliphatic rings. The largest absolute Gasteiger partial charge is 0.416 e. The number of benzene rings is 2. The zero-order chi connectivity index (χ0) is 29.1. The van der Waals surface area contributed by atoms with E-state index in [4.69, 9.17) is 11.6 Å². The molecule has 0 saturated heterocycles. The van der Waals surface area contributed by atoms with Crippen LogP contribution in [0.3, 0.4) is 0 Å². The van der Waals surface area contributed by atoms with Crippen LogP contribution in [0.2, 0.25) is 5.02 Å². The number of nitrogens with zero attached hydrogens (tertiary/aromatic N) is 2. The molecule has 1 atom stereocenters. The third-order valence-corrected chi connectivity index (χ3v) is 6.99. The molecule has 0 radical (unpaired) electrons. The molecule has 0 aliphatic carbocycles. The predicted molar refractivity (Wildman–Crippen MR) is 142 cm³/mol. The first-order chi connectivity index (χ1) is 17.3. The van der Waals surface area contributed by atoms with E-state index in [-0.39, 0.29) is 18.0 Å². The highest BCUT2D eigenvalue weighted by Gasteiger charge is 2.35. The van der Waals surface area contributed by atoms with Crippen LogP contribution in [0, 0.1) is 6.92 Å². The molecule has 0 aromatic heterocycles. The van der Waals surface area contributed by atoms with Crippen LogP contribution in [0.5, 0.6) is 0 Å². The zero-order valence-electron chi connectivity index (χ0n) is 22.2. The molecule has 0 fully saturated rings. The molecule has 12 heteroatoms. The summed E-state index contributed by atoms with van der Waals surface area (Å²) in [6, 6.07) is 8.51. The van der Waals surface area contributed by atoms with E-state index < -0.39 is 57.4 Å². The Labute approximate surface area is 227 Å². The molecule has 7 nitrogen and oxygen atoms in total. The normalized spacial score (nSPS) is 13.1. The van der Waals surface area contributed by atoms with Gasteiger partial charge in [-0.1, -0.05) is 48.4 Å². The van der Waals surface area contributed by atoms with Crippen molar-refractivity contribution in [1.82, 2.24) is 10.2 Å². The van der Waals surface area contributed by atoms with Gasteiger partial charge in [0, 0.05) is 12.1 Å². The van der Waals surface area contributed by atoms with Crippen LogP contribution in [0.4, 0.5) is 18.9 Å². The average Bonchev–Trinajstić information content (AvgIpc) is 2.75. The van der Waals surface area contributed by atoms with Crippen molar-refractivity contribution >= 4 is 39.1 Å². The number of carbonyl (C=O) groups is 2. The minimum atomic E-state index is -4.76. The summed E-state index contributed by atoms with van der Waals surface area (Å²) in [4.78, 5) is 28.1. The molecule has 0 aliphatic heterocycles. The lowest BCUT2D eigenvalue weighted by Crippen LogP contribution is -2.55. The highest BCUT2D eigenvalue weighted by Crippen LogP contribution is 2.36. The van der Waals surface area contributed by atoms with Crippen molar-refractivity contribution in [1.29, 1.82) is 0 Å². The second kappa shape index (κ2) is 11.9. The number of hydrogen-bond donors (Lipinski definition) is 1. The van der Waals surface area contributed by atoms with Crippen molar-refractivity contribution in [3.8, 4) is 0 Å². The van der Waals surface area contributed by atoms with Crippen molar-refractivity contribution < 1.29 is 31.2 Å². The quantitative estimate of drug-likeness (QED) is 0.448. The van der Waals surface area contributed by atoms with Gasteiger partial charge in [-0.25, -0.2) is 8.42 Å². The molecule has 1 N–H and O–H groups in total. The van der Waals surface area contributed by atoms with Crippen LogP contribution < -0.4 is 9.62 Å². The molecule has 0 bridgehead atoms. The fraction of sp³-hybridized carbons (Fsp3) is 0.462. The van der Waals surface area contributed by atoms with Crippen LogP contribution in [0.25, 0.3) is 0 Å². The number of hydrogen-bond acceptors (Lipinski definition) is 4. The Morgan fingerprint density at radius 1 is 1.08 bits per heavy atom. The van der Waals surface area contributed by atoms with Gasteiger partial charge in [0.2, 0.25) is 21.8 Å². The summed E-state index contributed by atoms with van der Waals surface area (Å²) in [5, 5.41) is 2.56. The Morgan fingerprint density at radius 3 is 2.21 bits per heavy atom. The highest BCUT2D eigenvalue weighted by molar-refractivity contribution is 7.92. The lowest BCUT2D eigenvalue weighted by atomic mass is 10.0. The van der Waals surface area contributed by atoms with Gasteiger partial charge in [-0.15, -0.1) is 0 Å². The predicted octanol–water partition coefficient (Wildman–Crippen LogP) is 5.16. The summed E-state index contributed by atoms with van der Waals surface area (Å²) in [6.45, 7) is 8.04. The molecule has 2 rings (SSSR count). The third kappa shape index (κ3) is 8.62. The third-order valence-electron chi connectivity index (χ3n) is 5.54. The first kappa shape index (κ1) is 31.4. The Hall–Kier alpha value is -2.79. The van der Waals surface area contributed by atoms with Crippen molar-refractivity contribution in [2.45, 2.75) is 65.3 Å². The number of carbonyl (C=O) groups excluding carboxylic acids is 2. The first-order valence-corrected chi connectivity index (χ1v) is 14.1. The van der Waals surface area contributed by atoms with Gasteiger partial charge < -0.3 is 10.2 Å². The van der Waals surface area contributed by atoms with Crippen molar-refractivity contribution in [2.24, 2.45) is 0 Å². The molecule has 0 unspecified atom stereocenters. The van der Waals surface area contributed by atoms with Gasteiger partial charge in [-0.3, -0.25) is 13.9 Å². The van der Waals surface area contributed by atoms with E-state index in [1.807, 2.05) is 19.1 Å². The Bertz CT molecular complexity index is 1280. The number of amides is 2. The number of rotatable bonds is 9. The molecule has 38 heavy (non-hydrogen) atoms. The smallest absolute Gasteiger partial charge is 0.350 e. The van der Waals surface area contributed by atoms with Crippen molar-refractivity contribution in [2.75, 3.05) is 17.1 Å². The zero-order valence-corrected chi connectivity index (χ0v) is 23.8. The Morgan fingerprint density at radius 2 is 1.71 bits per heavy atom. The lowest BCUT2D eigenvalue weighted by molar-refractivity contribution is -0.141. The van der Waals surface area contributed by atoms with E-state index in [0.29, 0.717) is 15.9 Å². The second-order valence-corrected chi connectivity index (χ2v) is 12.4. The van der Waals surface area contributed by atoms with E-state index in [0.717, 1.165) is 24.0 Å². The maximum absolute atomic E-state index is 13.7. The lowest BCUT2D eigenvalue weighted by Gasteiger charge is -2.34. The van der Waals surface area contributed by atoms with Gasteiger partial charge in [0.25, 0.3) is 0 Å². The second-order valence-electron chi connectivity index (χ2n) is 10.1. The summed E-state index contributed by atoms with van der Waals surface area (Å²) < 4.78 is 66.0. The molecule has 210 valence electrons. The average molecular weight is 576 g/mol. The highest BCUT2D eigenvalue weighted by atomic mass is 35.5. The topological polar surface area (TPSA) is 86.8 Å². The van der Waals surface area contributed by atoms with Gasteiger partial charge in [0.1, 0.15) is 12.6 Å². The van der Waals surface area contributed by atoms with Crippen LogP contribution >= 0.6 is 11.6 Å². The molecule has 0 heterocycles.